The third-order valence-corrected chi connectivity index (χ3v) is 6.20. The van der Waals surface area contributed by atoms with E-state index in [1.807, 2.05) is 32.0 Å². The summed E-state index contributed by atoms with van der Waals surface area (Å²) in [5.74, 6) is -0.974. The Morgan fingerprint density at radius 1 is 1.18 bits per heavy atom. The van der Waals surface area contributed by atoms with Gasteiger partial charge in [-0.2, -0.15) is 10.5 Å². The monoisotopic (exact) mass is 393 g/mol. The molecule has 7 heteroatoms. The van der Waals surface area contributed by atoms with E-state index < -0.39 is 22.9 Å². The predicted molar refractivity (Wildman–Crippen MR) is 107 cm³/mol. The number of nitrogens with one attached hydrogen (secondary N) is 1. The number of aryl methyl sites for hydroxylation is 2. The quantitative estimate of drug-likeness (QED) is 0.797. The summed E-state index contributed by atoms with van der Waals surface area (Å²) in [6.07, 6.45) is 0. The maximum atomic E-state index is 12.3. The molecule has 1 atom stereocenters. The lowest BCUT2D eigenvalue weighted by Crippen LogP contribution is -2.44. The van der Waals surface area contributed by atoms with E-state index in [0.29, 0.717) is 21.9 Å². The van der Waals surface area contributed by atoms with Crippen LogP contribution in [0.1, 0.15) is 30.5 Å². The van der Waals surface area contributed by atoms with E-state index >= 15 is 0 Å². The zero-order valence-corrected chi connectivity index (χ0v) is 16.9. The highest BCUT2D eigenvalue weighted by Crippen LogP contribution is 2.42. The van der Waals surface area contributed by atoms with E-state index in [0.717, 1.165) is 22.1 Å². The number of allylic oxidation sites excluding steroid dienone is 1. The van der Waals surface area contributed by atoms with Crippen LogP contribution in [0.3, 0.4) is 0 Å². The van der Waals surface area contributed by atoms with Crippen molar-refractivity contribution in [2.24, 2.45) is 11.3 Å². The standard InChI is InChI=1S/C21H19N3O3S/c1-11-5-14-13(7-18(25)27-17(14)6-12(11)2)10-28-20-16(9-23)21(3,4)15(8-22)19(26)24-20/h5-7,15H,10H2,1-4H3,(H,24,26)/t15-/m1/s1. The molecule has 2 heterocycles. The van der Waals surface area contributed by atoms with Crippen LogP contribution in [0.15, 0.2) is 38.0 Å². The average Bonchev–Trinajstić information content (AvgIpc) is 2.60. The predicted octanol–water partition coefficient (Wildman–Crippen LogP) is 3.67. The average molecular weight is 393 g/mol. The summed E-state index contributed by atoms with van der Waals surface area (Å²) in [7, 11) is 0. The van der Waals surface area contributed by atoms with Crippen LogP contribution in [0, 0.1) is 47.8 Å². The molecule has 28 heavy (non-hydrogen) atoms. The maximum Gasteiger partial charge on any atom is 0.336 e. The summed E-state index contributed by atoms with van der Waals surface area (Å²) >= 11 is 1.27. The molecule has 1 aromatic carbocycles. The minimum atomic E-state index is -0.929. The topological polar surface area (TPSA) is 107 Å². The fourth-order valence-electron chi connectivity index (χ4n) is 3.29. The van der Waals surface area contributed by atoms with Crippen LogP contribution in [-0.2, 0) is 10.5 Å². The Kier molecular flexibility index (Phi) is 5.06. The van der Waals surface area contributed by atoms with E-state index in [1.165, 1.54) is 17.8 Å². The molecule has 0 unspecified atom stereocenters. The summed E-state index contributed by atoms with van der Waals surface area (Å²) < 4.78 is 5.32. The van der Waals surface area contributed by atoms with Gasteiger partial charge in [-0.15, -0.1) is 11.8 Å². The number of carbonyl (C=O) groups excluding carboxylic acids is 1. The first-order chi connectivity index (χ1) is 13.2. The summed E-state index contributed by atoms with van der Waals surface area (Å²) in [6, 6.07) is 9.37. The van der Waals surface area contributed by atoms with Gasteiger partial charge >= 0.3 is 5.63 Å². The first kappa shape index (κ1) is 19.7. The molecule has 2 aromatic rings. The Bertz CT molecular complexity index is 1160. The van der Waals surface area contributed by atoms with Crippen LogP contribution in [0.5, 0.6) is 0 Å². The van der Waals surface area contributed by atoms with Gasteiger partial charge in [-0.1, -0.05) is 13.8 Å². The van der Waals surface area contributed by atoms with Crippen LogP contribution >= 0.6 is 11.8 Å². The molecular weight excluding hydrogens is 374 g/mol. The minimum absolute atomic E-state index is 0.364. The van der Waals surface area contributed by atoms with Crippen LogP contribution in [0.4, 0.5) is 0 Å². The Hall–Kier alpha value is -3.03. The summed E-state index contributed by atoms with van der Waals surface area (Å²) in [6.45, 7) is 7.37. The largest absolute Gasteiger partial charge is 0.423 e. The highest BCUT2D eigenvalue weighted by molar-refractivity contribution is 8.02. The Morgan fingerprint density at radius 2 is 1.86 bits per heavy atom. The number of fused-ring (bicyclic) bond motifs is 1. The third-order valence-electron chi connectivity index (χ3n) is 5.15. The molecule has 6 nitrogen and oxygen atoms in total. The number of thioether (sulfide) groups is 1. The van der Waals surface area contributed by atoms with Gasteiger partial charge in [0.1, 0.15) is 11.5 Å². The number of hydrogen-bond acceptors (Lipinski definition) is 6. The van der Waals surface area contributed by atoms with E-state index in [4.69, 9.17) is 4.42 Å². The van der Waals surface area contributed by atoms with Crippen molar-refractivity contribution in [1.29, 1.82) is 10.5 Å². The second-order valence-electron chi connectivity index (χ2n) is 7.40. The first-order valence-corrected chi connectivity index (χ1v) is 9.69. The van der Waals surface area contributed by atoms with Crippen molar-refractivity contribution in [3.8, 4) is 12.1 Å². The number of rotatable bonds is 3. The van der Waals surface area contributed by atoms with Gasteiger partial charge in [0, 0.05) is 22.6 Å². The summed E-state index contributed by atoms with van der Waals surface area (Å²) in [5, 5.41) is 22.9. The van der Waals surface area contributed by atoms with Gasteiger partial charge in [0.05, 0.1) is 22.7 Å². The van der Waals surface area contributed by atoms with Gasteiger partial charge < -0.3 is 9.73 Å². The lowest BCUT2D eigenvalue weighted by Gasteiger charge is -2.34. The SMILES string of the molecule is Cc1cc2oc(=O)cc(CSC3=C(C#N)C(C)(C)[C@H](C#N)C(=O)N3)c2cc1C. The summed E-state index contributed by atoms with van der Waals surface area (Å²) in [5.41, 5.74) is 2.41. The number of nitrogens with zero attached hydrogens (tertiary/aromatic N) is 2. The molecule has 0 saturated carbocycles. The molecule has 1 amide bonds. The second kappa shape index (κ2) is 7.18. The molecule has 3 rings (SSSR count). The number of carbonyl (C=O) groups is 1. The normalized spacial score (nSPS) is 18.5. The lowest BCUT2D eigenvalue weighted by molar-refractivity contribution is -0.125. The van der Waals surface area contributed by atoms with Gasteiger partial charge in [-0.05, 0) is 42.7 Å². The molecule has 0 bridgehead atoms. The number of hydrogen-bond donors (Lipinski definition) is 1. The second-order valence-corrected chi connectivity index (χ2v) is 8.39. The van der Waals surface area contributed by atoms with Crippen LogP contribution in [0.2, 0.25) is 0 Å². The number of nitriles is 2. The fraction of sp³-hybridized carbons (Fsp3) is 0.333. The molecule has 1 aliphatic heterocycles. The molecule has 142 valence electrons. The third kappa shape index (κ3) is 3.30. The van der Waals surface area contributed by atoms with Crippen LogP contribution in [0.25, 0.3) is 11.0 Å². The van der Waals surface area contributed by atoms with Gasteiger partial charge in [0.2, 0.25) is 5.91 Å². The van der Waals surface area contributed by atoms with E-state index in [9.17, 15) is 20.1 Å². The molecule has 0 spiro atoms. The van der Waals surface area contributed by atoms with Gasteiger partial charge in [0.25, 0.3) is 0 Å². The van der Waals surface area contributed by atoms with Gasteiger partial charge in [-0.3, -0.25) is 4.79 Å². The van der Waals surface area contributed by atoms with Crippen molar-refractivity contribution in [3.05, 3.63) is 55.9 Å². The van der Waals surface area contributed by atoms with E-state index in [2.05, 4.69) is 11.4 Å². The Morgan fingerprint density at radius 3 is 2.50 bits per heavy atom. The highest BCUT2D eigenvalue weighted by atomic mass is 32.2. The molecule has 0 fully saturated rings. The van der Waals surface area contributed by atoms with Crippen LogP contribution in [-0.4, -0.2) is 5.91 Å². The van der Waals surface area contributed by atoms with Crippen molar-refractivity contribution in [1.82, 2.24) is 5.32 Å². The maximum absolute atomic E-state index is 12.3. The lowest BCUT2D eigenvalue weighted by atomic mass is 9.72. The van der Waals surface area contributed by atoms with Gasteiger partial charge in [-0.25, -0.2) is 4.79 Å². The smallest absolute Gasteiger partial charge is 0.336 e. The molecule has 1 aromatic heterocycles. The molecule has 0 saturated heterocycles. The minimum Gasteiger partial charge on any atom is -0.423 e. The van der Waals surface area contributed by atoms with Crippen molar-refractivity contribution in [3.63, 3.8) is 0 Å². The highest BCUT2D eigenvalue weighted by Gasteiger charge is 2.44. The Labute approximate surface area is 166 Å². The van der Waals surface area contributed by atoms with Crippen molar-refractivity contribution < 1.29 is 9.21 Å². The van der Waals surface area contributed by atoms with Gasteiger partial charge in [0.15, 0.2) is 0 Å². The molecule has 0 aliphatic carbocycles. The zero-order chi connectivity index (χ0) is 20.6. The van der Waals surface area contributed by atoms with Crippen molar-refractivity contribution in [2.75, 3.05) is 0 Å². The van der Waals surface area contributed by atoms with Crippen LogP contribution < -0.4 is 10.9 Å². The molecule has 1 aliphatic rings. The Balaban J connectivity index is 2.02. The molecular formula is C21H19N3O3S. The molecule has 0 radical (unpaired) electrons. The summed E-state index contributed by atoms with van der Waals surface area (Å²) in [4.78, 5) is 24.3. The molecule has 1 N–H and O–H groups in total. The van der Waals surface area contributed by atoms with Crippen molar-refractivity contribution >= 4 is 28.6 Å². The van der Waals surface area contributed by atoms with Crippen molar-refractivity contribution in [2.45, 2.75) is 33.4 Å². The zero-order valence-electron chi connectivity index (χ0n) is 16.0. The van der Waals surface area contributed by atoms with E-state index in [1.54, 1.807) is 13.8 Å². The fourth-order valence-corrected chi connectivity index (χ4v) is 4.45. The number of benzene rings is 1. The number of amides is 1. The first-order valence-electron chi connectivity index (χ1n) is 8.71. The van der Waals surface area contributed by atoms with E-state index in [-0.39, 0.29) is 0 Å².